The lowest BCUT2D eigenvalue weighted by atomic mass is 9.78. The molecule has 3 heteroatoms. The Kier molecular flexibility index (Phi) is 6.46. The first kappa shape index (κ1) is 18.5. The van der Waals surface area contributed by atoms with Crippen molar-refractivity contribution in [2.45, 2.75) is 65.8 Å². The third-order valence-corrected chi connectivity index (χ3v) is 4.16. The van der Waals surface area contributed by atoms with E-state index in [1.165, 1.54) is 0 Å². The zero-order valence-electron chi connectivity index (χ0n) is 15.0. The van der Waals surface area contributed by atoms with Crippen LogP contribution in [0.4, 0.5) is 0 Å². The Hall–Kier alpha value is -1.51. The van der Waals surface area contributed by atoms with Gasteiger partial charge in [-0.3, -0.25) is 4.79 Å². The molecule has 0 spiro atoms. The van der Waals surface area contributed by atoms with Gasteiger partial charge in [0.05, 0.1) is 7.11 Å². The highest BCUT2D eigenvalue weighted by Gasteiger charge is 2.28. The van der Waals surface area contributed by atoms with Gasteiger partial charge in [0.15, 0.2) is 0 Å². The first-order valence-electron chi connectivity index (χ1n) is 8.11. The number of amides is 1. The summed E-state index contributed by atoms with van der Waals surface area (Å²) in [6.07, 6.45) is 3.36. The van der Waals surface area contributed by atoms with E-state index in [2.05, 4.69) is 39.9 Å². The number of ether oxygens (including phenoxy) is 1. The molecule has 0 aromatic heterocycles. The van der Waals surface area contributed by atoms with Gasteiger partial charge in [-0.25, -0.2) is 0 Å². The van der Waals surface area contributed by atoms with E-state index in [9.17, 15) is 4.79 Å². The molecule has 1 rings (SSSR count). The molecule has 0 heterocycles. The predicted octanol–water partition coefficient (Wildman–Crippen LogP) is 4.35. The number of nitrogens with one attached hydrogen (secondary N) is 1. The zero-order valence-corrected chi connectivity index (χ0v) is 15.0. The minimum atomic E-state index is -0.170. The Labute approximate surface area is 135 Å². The first-order chi connectivity index (χ1) is 10.2. The van der Waals surface area contributed by atoms with Crippen molar-refractivity contribution in [3.05, 3.63) is 29.8 Å². The maximum atomic E-state index is 12.2. The summed E-state index contributed by atoms with van der Waals surface area (Å²) in [5.74, 6) is 0.962. The second kappa shape index (κ2) is 7.66. The Morgan fingerprint density at radius 2 is 1.73 bits per heavy atom. The number of benzene rings is 1. The van der Waals surface area contributed by atoms with E-state index in [4.69, 9.17) is 4.74 Å². The van der Waals surface area contributed by atoms with Crippen molar-refractivity contribution in [1.29, 1.82) is 0 Å². The van der Waals surface area contributed by atoms with Gasteiger partial charge >= 0.3 is 0 Å². The SMILES string of the molecule is CCC(C)(C)CC(C)(C)NC(=O)CCc1ccc(OC)cc1. The largest absolute Gasteiger partial charge is 0.497 e. The number of rotatable bonds is 8. The Morgan fingerprint density at radius 3 is 2.23 bits per heavy atom. The number of hydrogen-bond donors (Lipinski definition) is 1. The third-order valence-electron chi connectivity index (χ3n) is 4.16. The molecule has 0 unspecified atom stereocenters. The first-order valence-corrected chi connectivity index (χ1v) is 8.11. The standard InChI is InChI=1S/C19H31NO2/c1-7-18(2,3)14-19(4,5)20-17(21)13-10-15-8-11-16(22-6)12-9-15/h8-9,11-12H,7,10,13-14H2,1-6H3,(H,20,21). The summed E-state index contributed by atoms with van der Waals surface area (Å²) in [6, 6.07) is 7.89. The molecule has 0 radical (unpaired) electrons. The highest BCUT2D eigenvalue weighted by molar-refractivity contribution is 5.77. The fraction of sp³-hybridized carbons (Fsp3) is 0.632. The molecule has 0 bridgehead atoms. The minimum absolute atomic E-state index is 0.118. The highest BCUT2D eigenvalue weighted by atomic mass is 16.5. The fourth-order valence-corrected chi connectivity index (χ4v) is 2.86. The summed E-state index contributed by atoms with van der Waals surface area (Å²) in [5, 5.41) is 3.18. The molecule has 1 N–H and O–H groups in total. The van der Waals surface area contributed by atoms with Crippen molar-refractivity contribution in [3.8, 4) is 5.75 Å². The smallest absolute Gasteiger partial charge is 0.220 e. The summed E-state index contributed by atoms with van der Waals surface area (Å²) >= 11 is 0. The lowest BCUT2D eigenvalue weighted by Gasteiger charge is -2.35. The van der Waals surface area contributed by atoms with Crippen molar-refractivity contribution in [1.82, 2.24) is 5.32 Å². The summed E-state index contributed by atoms with van der Waals surface area (Å²) in [5.41, 5.74) is 1.23. The Balaban J connectivity index is 2.47. The molecule has 0 aliphatic heterocycles. The van der Waals surface area contributed by atoms with Crippen molar-refractivity contribution < 1.29 is 9.53 Å². The molecule has 0 fully saturated rings. The maximum Gasteiger partial charge on any atom is 0.220 e. The predicted molar refractivity (Wildman–Crippen MR) is 92.2 cm³/mol. The average molecular weight is 305 g/mol. The van der Waals surface area contributed by atoms with Crippen molar-refractivity contribution in [3.63, 3.8) is 0 Å². The van der Waals surface area contributed by atoms with Crippen LogP contribution in [0.2, 0.25) is 0 Å². The normalized spacial score (nSPS) is 12.1. The van der Waals surface area contributed by atoms with Crippen LogP contribution >= 0.6 is 0 Å². The van der Waals surface area contributed by atoms with Gasteiger partial charge in [-0.1, -0.05) is 39.3 Å². The zero-order chi connectivity index (χ0) is 16.8. The molecular weight excluding hydrogens is 274 g/mol. The second-order valence-electron chi connectivity index (χ2n) is 7.47. The van der Waals surface area contributed by atoms with Gasteiger partial charge < -0.3 is 10.1 Å². The van der Waals surface area contributed by atoms with Crippen LogP contribution in [0.3, 0.4) is 0 Å². The van der Waals surface area contributed by atoms with E-state index >= 15 is 0 Å². The van der Waals surface area contributed by atoms with E-state index in [1.54, 1.807) is 7.11 Å². The average Bonchev–Trinajstić information content (AvgIpc) is 2.44. The van der Waals surface area contributed by atoms with Gasteiger partial charge in [-0.15, -0.1) is 0 Å². The molecule has 124 valence electrons. The van der Waals surface area contributed by atoms with Crippen molar-refractivity contribution in [2.24, 2.45) is 5.41 Å². The van der Waals surface area contributed by atoms with Crippen LogP contribution in [0.1, 0.15) is 59.4 Å². The van der Waals surface area contributed by atoms with Crippen molar-refractivity contribution in [2.75, 3.05) is 7.11 Å². The van der Waals surface area contributed by atoms with Gasteiger partial charge in [0, 0.05) is 12.0 Å². The molecule has 0 aliphatic carbocycles. The van der Waals surface area contributed by atoms with E-state index in [-0.39, 0.29) is 16.9 Å². The number of carbonyl (C=O) groups is 1. The Bertz CT molecular complexity index is 475. The second-order valence-corrected chi connectivity index (χ2v) is 7.47. The fourth-order valence-electron chi connectivity index (χ4n) is 2.86. The summed E-state index contributed by atoms with van der Waals surface area (Å²) in [6.45, 7) is 10.9. The number of methoxy groups -OCH3 is 1. The minimum Gasteiger partial charge on any atom is -0.497 e. The van der Waals surface area contributed by atoms with Gasteiger partial charge in [0.25, 0.3) is 0 Å². The molecule has 0 saturated heterocycles. The van der Waals surface area contributed by atoms with Gasteiger partial charge in [0.2, 0.25) is 5.91 Å². The third kappa shape index (κ3) is 6.50. The van der Waals surface area contributed by atoms with E-state index < -0.39 is 0 Å². The number of aryl methyl sites for hydroxylation is 1. The molecule has 1 amide bonds. The molecule has 3 nitrogen and oxygen atoms in total. The van der Waals surface area contributed by atoms with Crippen LogP contribution < -0.4 is 10.1 Å². The van der Waals surface area contributed by atoms with E-state index in [0.29, 0.717) is 6.42 Å². The molecule has 1 aromatic carbocycles. The number of carbonyl (C=O) groups excluding carboxylic acids is 1. The molecule has 22 heavy (non-hydrogen) atoms. The van der Waals surface area contributed by atoms with Crippen molar-refractivity contribution >= 4 is 5.91 Å². The van der Waals surface area contributed by atoms with Crippen LogP contribution in [0.5, 0.6) is 5.75 Å². The van der Waals surface area contributed by atoms with Gasteiger partial charge in [-0.05, 0) is 49.8 Å². The van der Waals surface area contributed by atoms with Crippen LogP contribution in [0.25, 0.3) is 0 Å². The van der Waals surface area contributed by atoms with E-state index in [1.807, 2.05) is 24.3 Å². The molecule has 1 aromatic rings. The molecular formula is C19H31NO2. The lowest BCUT2D eigenvalue weighted by Crippen LogP contribution is -2.46. The monoisotopic (exact) mass is 305 g/mol. The van der Waals surface area contributed by atoms with Crippen LogP contribution in [-0.4, -0.2) is 18.6 Å². The highest BCUT2D eigenvalue weighted by Crippen LogP contribution is 2.30. The molecule has 0 atom stereocenters. The summed E-state index contributed by atoms with van der Waals surface area (Å²) in [4.78, 5) is 12.2. The molecule has 0 saturated carbocycles. The van der Waals surface area contributed by atoms with Crippen LogP contribution in [-0.2, 0) is 11.2 Å². The summed E-state index contributed by atoms with van der Waals surface area (Å²) < 4.78 is 5.14. The van der Waals surface area contributed by atoms with Crippen LogP contribution in [0, 0.1) is 5.41 Å². The van der Waals surface area contributed by atoms with Crippen LogP contribution in [0.15, 0.2) is 24.3 Å². The summed E-state index contributed by atoms with van der Waals surface area (Å²) in [7, 11) is 1.66. The van der Waals surface area contributed by atoms with Gasteiger partial charge in [0.1, 0.15) is 5.75 Å². The Morgan fingerprint density at radius 1 is 1.14 bits per heavy atom. The van der Waals surface area contributed by atoms with Gasteiger partial charge in [-0.2, -0.15) is 0 Å². The quantitative estimate of drug-likeness (QED) is 0.775. The topological polar surface area (TPSA) is 38.3 Å². The maximum absolute atomic E-state index is 12.2. The molecule has 0 aliphatic rings. The number of hydrogen-bond acceptors (Lipinski definition) is 2. The van der Waals surface area contributed by atoms with E-state index in [0.717, 1.165) is 30.6 Å². The lowest BCUT2D eigenvalue weighted by molar-refractivity contribution is -0.122.